The zero-order valence-electron chi connectivity index (χ0n) is 22.4. The van der Waals surface area contributed by atoms with E-state index in [0.717, 1.165) is 17.0 Å². The molecule has 2 aromatic rings. The first-order chi connectivity index (χ1) is 17.6. The van der Waals surface area contributed by atoms with E-state index in [-0.39, 0.29) is 11.7 Å². The SMILES string of the molecule is C=CN=C(/C(=C(\C)N)N(C)c1ccc(C)c(OC)c1)N(C=O)c1cccc(NC(=O)/C=C/CN(C)C)c1. The molecule has 0 saturated heterocycles. The van der Waals surface area contributed by atoms with Gasteiger partial charge in [-0.3, -0.25) is 14.5 Å². The molecule has 0 heterocycles. The van der Waals surface area contributed by atoms with Crippen LogP contribution in [0.1, 0.15) is 12.5 Å². The number of carbonyl (C=O) groups is 2. The fourth-order valence-electron chi connectivity index (χ4n) is 3.58. The summed E-state index contributed by atoms with van der Waals surface area (Å²) < 4.78 is 5.47. The topological polar surface area (TPSA) is 103 Å². The molecule has 9 heteroatoms. The standard InChI is InChI=1S/C28H36N6O3/c1-8-30-28(27(21(3)29)33(6)23-15-14-20(2)25(18-23)37-7)34(19-35)24-12-9-11-22(17-24)31-26(36)13-10-16-32(4)5/h8-15,17-19H,1,16,29H2,2-7H3,(H,31,36)/b13-10+,27-21-,30-28?. The molecular weight excluding hydrogens is 468 g/mol. The first kappa shape index (κ1) is 28.9. The molecule has 196 valence electrons. The summed E-state index contributed by atoms with van der Waals surface area (Å²) in [5.41, 5.74) is 10.0. The van der Waals surface area contributed by atoms with Crippen molar-refractivity contribution in [3.05, 3.63) is 84.4 Å². The normalized spacial score (nSPS) is 12.2. The summed E-state index contributed by atoms with van der Waals surface area (Å²) in [5.74, 6) is 0.709. The lowest BCUT2D eigenvalue weighted by atomic mass is 10.1. The molecule has 0 unspecified atom stereocenters. The van der Waals surface area contributed by atoms with Gasteiger partial charge in [0.15, 0.2) is 5.84 Å². The van der Waals surface area contributed by atoms with E-state index in [4.69, 9.17) is 10.5 Å². The average Bonchev–Trinajstić information content (AvgIpc) is 2.84. The molecule has 0 radical (unpaired) electrons. The maximum absolute atomic E-state index is 12.4. The molecule has 0 spiro atoms. The quantitative estimate of drug-likeness (QED) is 0.208. The Morgan fingerprint density at radius 2 is 1.89 bits per heavy atom. The van der Waals surface area contributed by atoms with Crippen LogP contribution in [0.3, 0.4) is 0 Å². The minimum absolute atomic E-state index is 0.265. The van der Waals surface area contributed by atoms with Crippen molar-refractivity contribution >= 4 is 35.2 Å². The second-order valence-electron chi connectivity index (χ2n) is 8.56. The molecule has 3 N–H and O–H groups in total. The highest BCUT2D eigenvalue weighted by atomic mass is 16.5. The van der Waals surface area contributed by atoms with Crippen LogP contribution in [0.2, 0.25) is 0 Å². The summed E-state index contributed by atoms with van der Waals surface area (Å²) in [6, 6.07) is 12.7. The van der Waals surface area contributed by atoms with Gasteiger partial charge < -0.3 is 25.6 Å². The number of nitrogens with two attached hydrogens (primary N) is 1. The van der Waals surface area contributed by atoms with Gasteiger partial charge in [0.1, 0.15) is 11.4 Å². The minimum Gasteiger partial charge on any atom is -0.496 e. The number of hydrogen-bond donors (Lipinski definition) is 2. The Morgan fingerprint density at radius 1 is 1.16 bits per heavy atom. The number of rotatable bonds is 11. The van der Waals surface area contributed by atoms with Crippen LogP contribution in [0.15, 0.2) is 83.8 Å². The third-order valence-corrected chi connectivity index (χ3v) is 5.38. The van der Waals surface area contributed by atoms with E-state index in [1.807, 2.05) is 56.1 Å². The van der Waals surface area contributed by atoms with Gasteiger partial charge in [-0.1, -0.05) is 24.8 Å². The average molecular weight is 505 g/mol. The number of allylic oxidation sites excluding steroid dienone is 1. The van der Waals surface area contributed by atoms with Crippen molar-refractivity contribution in [1.29, 1.82) is 0 Å². The molecule has 2 amide bonds. The van der Waals surface area contributed by atoms with Crippen LogP contribution in [-0.2, 0) is 9.59 Å². The van der Waals surface area contributed by atoms with Crippen molar-refractivity contribution in [3.8, 4) is 5.75 Å². The fraction of sp³-hybridized carbons (Fsp3) is 0.250. The highest BCUT2D eigenvalue weighted by molar-refractivity contribution is 6.20. The molecule has 2 rings (SSSR count). The van der Waals surface area contributed by atoms with Gasteiger partial charge in [-0.05, 0) is 57.8 Å². The van der Waals surface area contributed by atoms with E-state index in [2.05, 4.69) is 16.9 Å². The lowest BCUT2D eigenvalue weighted by molar-refractivity contribution is -0.112. The third kappa shape index (κ3) is 7.81. The maximum atomic E-state index is 12.4. The van der Waals surface area contributed by atoms with Gasteiger partial charge in [0.05, 0.1) is 12.8 Å². The second-order valence-corrected chi connectivity index (χ2v) is 8.56. The van der Waals surface area contributed by atoms with E-state index < -0.39 is 0 Å². The molecule has 37 heavy (non-hydrogen) atoms. The summed E-state index contributed by atoms with van der Waals surface area (Å²) >= 11 is 0. The van der Waals surface area contributed by atoms with Crippen molar-refractivity contribution in [2.45, 2.75) is 13.8 Å². The highest BCUT2D eigenvalue weighted by Gasteiger charge is 2.24. The van der Waals surface area contributed by atoms with Gasteiger partial charge in [-0.15, -0.1) is 0 Å². The molecule has 0 aromatic heterocycles. The smallest absolute Gasteiger partial charge is 0.248 e. The van der Waals surface area contributed by atoms with E-state index in [0.29, 0.717) is 35.7 Å². The third-order valence-electron chi connectivity index (χ3n) is 5.38. The van der Waals surface area contributed by atoms with Crippen LogP contribution in [0.25, 0.3) is 0 Å². The van der Waals surface area contributed by atoms with Crippen molar-refractivity contribution in [2.75, 3.05) is 49.9 Å². The van der Waals surface area contributed by atoms with Crippen LogP contribution in [0, 0.1) is 6.92 Å². The largest absolute Gasteiger partial charge is 0.496 e. The van der Waals surface area contributed by atoms with Crippen LogP contribution in [0.5, 0.6) is 5.75 Å². The molecule has 0 bridgehead atoms. The van der Waals surface area contributed by atoms with Gasteiger partial charge in [0, 0.05) is 49.0 Å². The molecule has 9 nitrogen and oxygen atoms in total. The summed E-state index contributed by atoms with van der Waals surface area (Å²) in [6.45, 7) is 8.05. The molecule has 0 saturated carbocycles. The molecule has 0 aliphatic carbocycles. The number of amidine groups is 1. The summed E-state index contributed by atoms with van der Waals surface area (Å²) in [5, 5.41) is 2.82. The number of anilines is 3. The Hall–Kier alpha value is -4.37. The van der Waals surface area contributed by atoms with Gasteiger partial charge in [0.25, 0.3) is 0 Å². The lowest BCUT2D eigenvalue weighted by Gasteiger charge is -2.30. The van der Waals surface area contributed by atoms with Crippen LogP contribution in [-0.4, -0.2) is 57.9 Å². The van der Waals surface area contributed by atoms with Crippen molar-refractivity contribution in [2.24, 2.45) is 10.7 Å². The molecular formula is C28H36N6O3. The first-order valence-electron chi connectivity index (χ1n) is 11.6. The maximum Gasteiger partial charge on any atom is 0.248 e. The van der Waals surface area contributed by atoms with Gasteiger partial charge in [0.2, 0.25) is 12.3 Å². The van der Waals surface area contributed by atoms with Crippen molar-refractivity contribution in [1.82, 2.24) is 4.90 Å². The minimum atomic E-state index is -0.275. The fourth-order valence-corrected chi connectivity index (χ4v) is 3.58. The number of carbonyl (C=O) groups excluding carboxylic acids is 2. The van der Waals surface area contributed by atoms with Gasteiger partial charge >= 0.3 is 0 Å². The Labute approximate surface area is 219 Å². The zero-order valence-corrected chi connectivity index (χ0v) is 22.4. The molecule has 2 aromatic carbocycles. The number of likely N-dealkylation sites (N-methyl/N-ethyl adjacent to an activating group) is 2. The number of amides is 2. The first-order valence-corrected chi connectivity index (χ1v) is 11.6. The number of hydrogen-bond acceptors (Lipinski definition) is 7. The monoisotopic (exact) mass is 504 g/mol. The van der Waals surface area contributed by atoms with E-state index >= 15 is 0 Å². The van der Waals surface area contributed by atoms with E-state index in [1.165, 1.54) is 17.2 Å². The van der Waals surface area contributed by atoms with Crippen LogP contribution >= 0.6 is 0 Å². The predicted octanol–water partition coefficient (Wildman–Crippen LogP) is 3.89. The number of ether oxygens (including phenoxy) is 1. The Kier molecular flexibility index (Phi) is 10.6. The number of methoxy groups -OCH3 is 1. The van der Waals surface area contributed by atoms with Crippen LogP contribution < -0.4 is 25.6 Å². The number of nitrogens with zero attached hydrogens (tertiary/aromatic N) is 4. The van der Waals surface area contributed by atoms with E-state index in [1.54, 1.807) is 44.4 Å². The molecule has 0 atom stereocenters. The molecule has 0 aliphatic rings. The Bertz CT molecular complexity index is 1210. The summed E-state index contributed by atoms with van der Waals surface area (Å²) in [7, 11) is 7.27. The lowest BCUT2D eigenvalue weighted by Crippen LogP contribution is -2.38. The summed E-state index contributed by atoms with van der Waals surface area (Å²) in [4.78, 5) is 34.3. The number of benzene rings is 2. The van der Waals surface area contributed by atoms with Gasteiger partial charge in [-0.25, -0.2) is 4.99 Å². The number of nitrogens with one attached hydrogen (secondary N) is 1. The highest BCUT2D eigenvalue weighted by Crippen LogP contribution is 2.29. The zero-order chi connectivity index (χ0) is 27.5. The Balaban J connectivity index is 2.46. The molecule has 0 aliphatic heterocycles. The van der Waals surface area contributed by atoms with E-state index in [9.17, 15) is 9.59 Å². The number of aryl methyl sites for hydroxylation is 1. The second kappa shape index (κ2) is 13.6. The van der Waals surface area contributed by atoms with Crippen molar-refractivity contribution in [3.63, 3.8) is 0 Å². The van der Waals surface area contributed by atoms with Gasteiger partial charge in [-0.2, -0.15) is 0 Å². The Morgan fingerprint density at radius 3 is 2.49 bits per heavy atom. The summed E-state index contributed by atoms with van der Waals surface area (Å²) in [6.07, 6.45) is 5.23. The van der Waals surface area contributed by atoms with Crippen LogP contribution in [0.4, 0.5) is 17.1 Å². The predicted molar refractivity (Wildman–Crippen MR) is 152 cm³/mol. The number of aliphatic imine (C=N–C) groups is 1. The molecule has 0 fully saturated rings. The van der Waals surface area contributed by atoms with Crippen molar-refractivity contribution < 1.29 is 14.3 Å².